The first-order valence-corrected chi connectivity index (χ1v) is 7.02. The minimum atomic E-state index is -0.775. The standard InChI is InChI=1S/C14H22N4O2/c1-4-14(2)13(20)18(8-6-12(19)16-14)7-5-11-9-15-17(3)10-11/h9-10H,4-8H2,1-3H3,(H,16,19). The van der Waals surface area contributed by atoms with E-state index >= 15 is 0 Å². The van der Waals surface area contributed by atoms with Gasteiger partial charge in [0.1, 0.15) is 5.54 Å². The van der Waals surface area contributed by atoms with E-state index in [2.05, 4.69) is 10.4 Å². The maximum atomic E-state index is 12.6. The lowest BCUT2D eigenvalue weighted by atomic mass is 9.97. The molecular weight excluding hydrogens is 256 g/mol. The molecule has 1 fully saturated rings. The highest BCUT2D eigenvalue weighted by atomic mass is 16.2. The van der Waals surface area contributed by atoms with Gasteiger partial charge in [0.25, 0.3) is 0 Å². The van der Waals surface area contributed by atoms with E-state index < -0.39 is 5.54 Å². The Hall–Kier alpha value is -1.85. The number of carbonyl (C=O) groups excluding carboxylic acids is 2. The number of carbonyl (C=O) groups is 2. The van der Waals surface area contributed by atoms with Gasteiger partial charge in [0.05, 0.1) is 6.20 Å². The van der Waals surface area contributed by atoms with Crippen molar-refractivity contribution in [3.8, 4) is 0 Å². The smallest absolute Gasteiger partial charge is 0.248 e. The van der Waals surface area contributed by atoms with Crippen LogP contribution in [0.25, 0.3) is 0 Å². The first-order valence-electron chi connectivity index (χ1n) is 7.02. The normalized spacial score (nSPS) is 23.6. The average Bonchev–Trinajstić information content (AvgIpc) is 2.79. The summed E-state index contributed by atoms with van der Waals surface area (Å²) in [5, 5.41) is 6.96. The van der Waals surface area contributed by atoms with Crippen LogP contribution in [-0.2, 0) is 23.1 Å². The number of aromatic nitrogens is 2. The van der Waals surface area contributed by atoms with Crippen molar-refractivity contribution in [2.24, 2.45) is 7.05 Å². The van der Waals surface area contributed by atoms with Gasteiger partial charge in [-0.1, -0.05) is 6.92 Å². The van der Waals surface area contributed by atoms with Crippen LogP contribution in [0.5, 0.6) is 0 Å². The van der Waals surface area contributed by atoms with Gasteiger partial charge in [-0.05, 0) is 25.3 Å². The number of hydrogen-bond acceptors (Lipinski definition) is 3. The Morgan fingerprint density at radius 2 is 2.20 bits per heavy atom. The Morgan fingerprint density at radius 1 is 1.45 bits per heavy atom. The minimum absolute atomic E-state index is 0.00902. The molecule has 20 heavy (non-hydrogen) atoms. The molecule has 0 aliphatic carbocycles. The van der Waals surface area contributed by atoms with Crippen molar-refractivity contribution < 1.29 is 9.59 Å². The van der Waals surface area contributed by atoms with Gasteiger partial charge in [0.15, 0.2) is 0 Å². The van der Waals surface area contributed by atoms with Crippen molar-refractivity contribution in [2.75, 3.05) is 13.1 Å². The Kier molecular flexibility index (Phi) is 4.11. The molecule has 0 bridgehead atoms. The van der Waals surface area contributed by atoms with Gasteiger partial charge in [-0.3, -0.25) is 14.3 Å². The zero-order valence-corrected chi connectivity index (χ0v) is 12.3. The van der Waals surface area contributed by atoms with E-state index in [1.54, 1.807) is 16.5 Å². The molecule has 1 aliphatic heterocycles. The van der Waals surface area contributed by atoms with Crippen molar-refractivity contribution in [3.05, 3.63) is 18.0 Å². The third kappa shape index (κ3) is 3.00. The van der Waals surface area contributed by atoms with Crippen LogP contribution < -0.4 is 5.32 Å². The van der Waals surface area contributed by atoms with Gasteiger partial charge in [-0.15, -0.1) is 0 Å². The molecule has 0 aromatic carbocycles. The van der Waals surface area contributed by atoms with Crippen molar-refractivity contribution in [1.29, 1.82) is 0 Å². The highest BCUT2D eigenvalue weighted by molar-refractivity contribution is 5.93. The van der Waals surface area contributed by atoms with Gasteiger partial charge in [0.2, 0.25) is 11.8 Å². The van der Waals surface area contributed by atoms with Crippen LogP contribution in [0.1, 0.15) is 32.3 Å². The molecule has 2 heterocycles. The highest BCUT2D eigenvalue weighted by Gasteiger charge is 2.38. The second kappa shape index (κ2) is 5.64. The molecule has 0 saturated carbocycles. The Balaban J connectivity index is 2.06. The number of hydrogen-bond donors (Lipinski definition) is 1. The summed E-state index contributed by atoms with van der Waals surface area (Å²) in [6.07, 6.45) is 5.48. The maximum absolute atomic E-state index is 12.6. The monoisotopic (exact) mass is 278 g/mol. The number of amides is 2. The Morgan fingerprint density at radius 3 is 2.80 bits per heavy atom. The zero-order chi connectivity index (χ0) is 14.8. The molecule has 1 atom stereocenters. The molecule has 1 saturated heterocycles. The molecule has 2 amide bonds. The number of nitrogens with zero attached hydrogens (tertiary/aromatic N) is 3. The topological polar surface area (TPSA) is 67.2 Å². The highest BCUT2D eigenvalue weighted by Crippen LogP contribution is 2.18. The molecule has 0 radical (unpaired) electrons. The average molecular weight is 278 g/mol. The summed E-state index contributed by atoms with van der Waals surface area (Å²) >= 11 is 0. The number of aryl methyl sites for hydroxylation is 1. The third-order valence-corrected chi connectivity index (χ3v) is 3.92. The van der Waals surface area contributed by atoms with Crippen LogP contribution in [0.4, 0.5) is 0 Å². The fourth-order valence-electron chi connectivity index (χ4n) is 2.43. The molecule has 6 heteroatoms. The SMILES string of the molecule is CCC1(C)NC(=O)CCN(CCc2cnn(C)c2)C1=O. The van der Waals surface area contributed by atoms with Crippen LogP contribution >= 0.6 is 0 Å². The summed E-state index contributed by atoms with van der Waals surface area (Å²) in [5.41, 5.74) is 0.324. The molecular formula is C14H22N4O2. The number of rotatable bonds is 4. The van der Waals surface area contributed by atoms with Crippen LogP contribution in [0.3, 0.4) is 0 Å². The van der Waals surface area contributed by atoms with Crippen LogP contribution in [0, 0.1) is 0 Å². The van der Waals surface area contributed by atoms with Crippen LogP contribution in [0.15, 0.2) is 12.4 Å². The van der Waals surface area contributed by atoms with Crippen molar-refractivity contribution >= 4 is 11.8 Å². The molecule has 1 N–H and O–H groups in total. The zero-order valence-electron chi connectivity index (χ0n) is 12.3. The van der Waals surface area contributed by atoms with Crippen molar-refractivity contribution in [1.82, 2.24) is 20.0 Å². The van der Waals surface area contributed by atoms with Gasteiger partial charge in [-0.25, -0.2) is 0 Å². The van der Waals surface area contributed by atoms with Crippen molar-refractivity contribution in [2.45, 2.75) is 38.6 Å². The first-order chi connectivity index (χ1) is 9.44. The summed E-state index contributed by atoms with van der Waals surface area (Å²) < 4.78 is 1.75. The second-order valence-corrected chi connectivity index (χ2v) is 5.55. The van der Waals surface area contributed by atoms with Gasteiger partial charge < -0.3 is 10.2 Å². The van der Waals surface area contributed by atoms with E-state index in [9.17, 15) is 9.59 Å². The molecule has 0 spiro atoms. The molecule has 6 nitrogen and oxygen atoms in total. The number of nitrogens with one attached hydrogen (secondary N) is 1. The van der Waals surface area contributed by atoms with Gasteiger partial charge in [0, 0.05) is 32.8 Å². The van der Waals surface area contributed by atoms with Crippen molar-refractivity contribution in [3.63, 3.8) is 0 Å². The quantitative estimate of drug-likeness (QED) is 0.871. The summed E-state index contributed by atoms with van der Waals surface area (Å²) in [4.78, 5) is 26.1. The molecule has 1 aromatic heterocycles. The third-order valence-electron chi connectivity index (χ3n) is 3.92. The van der Waals surface area contributed by atoms with E-state index in [1.165, 1.54) is 0 Å². The molecule has 1 aromatic rings. The van der Waals surface area contributed by atoms with E-state index in [-0.39, 0.29) is 11.8 Å². The van der Waals surface area contributed by atoms with E-state index in [4.69, 9.17) is 0 Å². The van der Waals surface area contributed by atoms with Crippen LogP contribution in [0.2, 0.25) is 0 Å². The summed E-state index contributed by atoms with van der Waals surface area (Å²) in [7, 11) is 1.87. The fraction of sp³-hybridized carbons (Fsp3) is 0.643. The molecule has 2 rings (SSSR count). The first kappa shape index (κ1) is 14.6. The van der Waals surface area contributed by atoms with E-state index in [0.29, 0.717) is 25.9 Å². The Labute approximate surface area is 119 Å². The van der Waals surface area contributed by atoms with Gasteiger partial charge in [-0.2, -0.15) is 5.10 Å². The maximum Gasteiger partial charge on any atom is 0.248 e. The van der Waals surface area contributed by atoms with E-state index in [0.717, 1.165) is 12.0 Å². The second-order valence-electron chi connectivity index (χ2n) is 5.55. The summed E-state index contributed by atoms with van der Waals surface area (Å²) in [5.74, 6) is -0.0404. The largest absolute Gasteiger partial charge is 0.342 e. The van der Waals surface area contributed by atoms with E-state index in [1.807, 2.05) is 26.4 Å². The lowest BCUT2D eigenvalue weighted by Gasteiger charge is -2.31. The Bertz CT molecular complexity index is 511. The predicted octanol–water partition coefficient (Wildman–Crippen LogP) is 0.480. The molecule has 1 aliphatic rings. The fourth-order valence-corrected chi connectivity index (χ4v) is 2.43. The summed E-state index contributed by atoms with van der Waals surface area (Å²) in [6.45, 7) is 4.83. The minimum Gasteiger partial charge on any atom is -0.342 e. The lowest BCUT2D eigenvalue weighted by molar-refractivity contribution is -0.138. The molecule has 1 unspecified atom stereocenters. The molecule has 110 valence electrons. The van der Waals surface area contributed by atoms with Gasteiger partial charge >= 0.3 is 0 Å². The lowest BCUT2D eigenvalue weighted by Crippen LogP contribution is -2.54. The predicted molar refractivity (Wildman–Crippen MR) is 74.9 cm³/mol. The van der Waals surface area contributed by atoms with Crippen LogP contribution in [-0.4, -0.2) is 45.1 Å². The summed E-state index contributed by atoms with van der Waals surface area (Å²) in [6, 6.07) is 0.